The minimum absolute atomic E-state index is 0.0186. The fourth-order valence-corrected chi connectivity index (χ4v) is 2.65. The van der Waals surface area contributed by atoms with Gasteiger partial charge in [0.05, 0.1) is 11.0 Å². The maximum absolute atomic E-state index is 12.0. The summed E-state index contributed by atoms with van der Waals surface area (Å²) in [6.45, 7) is 1.69. The van der Waals surface area contributed by atoms with Crippen molar-refractivity contribution in [3.63, 3.8) is 0 Å². The van der Waals surface area contributed by atoms with Gasteiger partial charge >= 0.3 is 0 Å². The fourth-order valence-electron chi connectivity index (χ4n) is 2.04. The summed E-state index contributed by atoms with van der Waals surface area (Å²) in [5.41, 5.74) is 0. The van der Waals surface area contributed by atoms with E-state index in [-0.39, 0.29) is 11.9 Å². The van der Waals surface area contributed by atoms with Gasteiger partial charge in [-0.15, -0.1) is 11.3 Å². The van der Waals surface area contributed by atoms with E-state index in [2.05, 4.69) is 10.3 Å². The number of thiazole rings is 1. The molecule has 88 valence electrons. The Hall–Kier alpha value is -0.940. The van der Waals surface area contributed by atoms with E-state index in [9.17, 15) is 4.79 Å². The van der Waals surface area contributed by atoms with Crippen LogP contribution in [0.4, 0.5) is 0 Å². The Morgan fingerprint density at radius 1 is 1.69 bits per heavy atom. The van der Waals surface area contributed by atoms with Crippen molar-refractivity contribution in [2.75, 3.05) is 20.1 Å². The van der Waals surface area contributed by atoms with Crippen molar-refractivity contribution in [3.8, 4) is 0 Å². The second-order valence-corrected chi connectivity index (χ2v) is 4.96. The molecule has 2 rings (SSSR count). The van der Waals surface area contributed by atoms with Crippen LogP contribution in [0.3, 0.4) is 0 Å². The monoisotopic (exact) mass is 239 g/mol. The Kier molecular flexibility index (Phi) is 3.90. The zero-order valence-corrected chi connectivity index (χ0v) is 10.3. The van der Waals surface area contributed by atoms with Gasteiger partial charge in [-0.3, -0.25) is 4.79 Å². The Morgan fingerprint density at radius 2 is 2.56 bits per heavy atom. The minimum Gasteiger partial charge on any atom is -0.341 e. The van der Waals surface area contributed by atoms with Crippen LogP contribution in [-0.2, 0) is 11.2 Å². The van der Waals surface area contributed by atoms with Crippen LogP contribution in [0, 0.1) is 0 Å². The van der Waals surface area contributed by atoms with E-state index in [0.29, 0.717) is 0 Å². The normalized spacial score (nSPS) is 21.4. The zero-order chi connectivity index (χ0) is 11.4. The first-order valence-corrected chi connectivity index (χ1v) is 6.53. The molecular weight excluding hydrogens is 222 g/mol. The van der Waals surface area contributed by atoms with Crippen molar-refractivity contribution in [2.24, 2.45) is 0 Å². The van der Waals surface area contributed by atoms with Gasteiger partial charge in [-0.25, -0.2) is 4.98 Å². The van der Waals surface area contributed by atoms with Crippen LogP contribution in [-0.4, -0.2) is 42.0 Å². The van der Waals surface area contributed by atoms with Gasteiger partial charge in [-0.1, -0.05) is 0 Å². The molecule has 1 fully saturated rings. The molecule has 2 heterocycles. The Labute approximate surface area is 99.7 Å². The Morgan fingerprint density at radius 3 is 3.25 bits per heavy atom. The van der Waals surface area contributed by atoms with E-state index in [1.54, 1.807) is 11.3 Å². The molecule has 1 aromatic rings. The second-order valence-electron chi connectivity index (χ2n) is 3.98. The molecule has 0 aromatic carbocycles. The van der Waals surface area contributed by atoms with Gasteiger partial charge in [-0.2, -0.15) is 0 Å². The smallest absolute Gasteiger partial charge is 0.239 e. The number of hydrogen-bond acceptors (Lipinski definition) is 4. The van der Waals surface area contributed by atoms with E-state index in [1.165, 1.54) is 0 Å². The molecule has 0 radical (unpaired) electrons. The van der Waals surface area contributed by atoms with Crippen LogP contribution in [0.1, 0.15) is 17.8 Å². The highest BCUT2D eigenvalue weighted by Crippen LogP contribution is 2.13. The van der Waals surface area contributed by atoms with Crippen LogP contribution in [0.15, 0.2) is 11.6 Å². The lowest BCUT2D eigenvalue weighted by molar-refractivity contribution is -0.135. The van der Waals surface area contributed by atoms with Gasteiger partial charge < -0.3 is 10.2 Å². The predicted octanol–water partition coefficient (Wildman–Crippen LogP) is 0.896. The number of aromatic nitrogens is 1. The van der Waals surface area contributed by atoms with E-state index in [1.807, 2.05) is 23.5 Å². The average molecular weight is 239 g/mol. The first-order chi connectivity index (χ1) is 7.81. The topological polar surface area (TPSA) is 45.2 Å². The van der Waals surface area contributed by atoms with Gasteiger partial charge in [-0.05, 0) is 19.9 Å². The number of nitrogens with one attached hydrogen (secondary N) is 1. The summed E-state index contributed by atoms with van der Waals surface area (Å²) in [4.78, 5) is 18.1. The highest BCUT2D eigenvalue weighted by Gasteiger charge is 2.26. The third-order valence-electron chi connectivity index (χ3n) is 2.96. The van der Waals surface area contributed by atoms with Crippen LogP contribution in [0.25, 0.3) is 0 Å². The number of piperidine rings is 1. The van der Waals surface area contributed by atoms with Crippen molar-refractivity contribution < 1.29 is 4.79 Å². The Balaban J connectivity index is 1.87. The molecule has 1 N–H and O–H groups in total. The summed E-state index contributed by atoms with van der Waals surface area (Å²) in [6, 6.07) is 0.0186. The van der Waals surface area contributed by atoms with Crippen LogP contribution >= 0.6 is 11.3 Å². The summed E-state index contributed by atoms with van der Waals surface area (Å²) in [6.07, 6.45) is 4.74. The lowest BCUT2D eigenvalue weighted by atomic mass is 10.0. The van der Waals surface area contributed by atoms with E-state index < -0.39 is 0 Å². The molecule has 16 heavy (non-hydrogen) atoms. The molecule has 1 unspecified atom stereocenters. The molecule has 5 heteroatoms. The highest BCUT2D eigenvalue weighted by atomic mass is 32.1. The molecule has 1 atom stereocenters. The predicted molar refractivity (Wildman–Crippen MR) is 64.5 cm³/mol. The number of carbonyl (C=O) groups excluding carboxylic acids is 1. The number of likely N-dealkylation sites (tertiary alicyclic amines) is 1. The average Bonchev–Trinajstić information content (AvgIpc) is 2.81. The van der Waals surface area contributed by atoms with Gasteiger partial charge in [0, 0.05) is 31.1 Å². The van der Waals surface area contributed by atoms with Crippen molar-refractivity contribution in [3.05, 3.63) is 16.6 Å². The third-order valence-corrected chi connectivity index (χ3v) is 3.80. The van der Waals surface area contributed by atoms with Crippen LogP contribution in [0.2, 0.25) is 0 Å². The quantitative estimate of drug-likeness (QED) is 0.849. The first-order valence-electron chi connectivity index (χ1n) is 5.65. The fraction of sp³-hybridized carbons (Fsp3) is 0.636. The molecule has 1 saturated heterocycles. The minimum atomic E-state index is 0.0186. The summed E-state index contributed by atoms with van der Waals surface area (Å²) < 4.78 is 0. The largest absolute Gasteiger partial charge is 0.341 e. The van der Waals surface area contributed by atoms with E-state index >= 15 is 0 Å². The lowest BCUT2D eigenvalue weighted by Gasteiger charge is -2.31. The van der Waals surface area contributed by atoms with Crippen LogP contribution in [0.5, 0.6) is 0 Å². The number of rotatable bonds is 4. The standard InChI is InChI=1S/C11H17N3OS/c1-12-9-3-2-6-14(11(9)15)7-4-10-13-5-8-16-10/h5,8-9,12H,2-4,6-7H2,1H3. The van der Waals surface area contributed by atoms with E-state index in [0.717, 1.165) is 37.4 Å². The molecule has 4 nitrogen and oxygen atoms in total. The summed E-state index contributed by atoms with van der Waals surface area (Å²) >= 11 is 1.65. The van der Waals surface area contributed by atoms with E-state index in [4.69, 9.17) is 0 Å². The lowest BCUT2D eigenvalue weighted by Crippen LogP contribution is -2.50. The second kappa shape index (κ2) is 5.41. The Bertz CT molecular complexity index is 339. The van der Waals surface area contributed by atoms with Gasteiger partial charge in [0.25, 0.3) is 0 Å². The molecular formula is C11H17N3OS. The summed E-state index contributed by atoms with van der Waals surface area (Å²) in [5, 5.41) is 6.16. The van der Waals surface area contributed by atoms with Gasteiger partial charge in [0.1, 0.15) is 0 Å². The molecule has 0 saturated carbocycles. The van der Waals surface area contributed by atoms with Crippen molar-refractivity contribution >= 4 is 17.2 Å². The molecule has 0 spiro atoms. The molecule has 1 aliphatic rings. The number of hydrogen-bond donors (Lipinski definition) is 1. The van der Waals surface area contributed by atoms with Gasteiger partial charge in [0.15, 0.2) is 0 Å². The van der Waals surface area contributed by atoms with Crippen molar-refractivity contribution in [1.82, 2.24) is 15.2 Å². The SMILES string of the molecule is CNC1CCCN(CCc2nccs2)C1=O. The maximum Gasteiger partial charge on any atom is 0.239 e. The number of likely N-dealkylation sites (N-methyl/N-ethyl adjacent to an activating group) is 1. The molecule has 0 bridgehead atoms. The molecule has 1 aliphatic heterocycles. The van der Waals surface area contributed by atoms with Gasteiger partial charge in [0.2, 0.25) is 5.91 Å². The first kappa shape index (κ1) is 11.5. The summed E-state index contributed by atoms with van der Waals surface area (Å²) in [5.74, 6) is 0.241. The molecule has 1 aromatic heterocycles. The zero-order valence-electron chi connectivity index (χ0n) is 9.48. The summed E-state index contributed by atoms with van der Waals surface area (Å²) in [7, 11) is 1.85. The number of carbonyl (C=O) groups is 1. The molecule has 1 amide bonds. The molecule has 0 aliphatic carbocycles. The van der Waals surface area contributed by atoms with Crippen LogP contribution < -0.4 is 5.32 Å². The number of amides is 1. The van der Waals surface area contributed by atoms with Crippen molar-refractivity contribution in [1.29, 1.82) is 0 Å². The highest BCUT2D eigenvalue weighted by molar-refractivity contribution is 7.09. The third kappa shape index (κ3) is 2.59. The number of nitrogens with zero attached hydrogens (tertiary/aromatic N) is 2. The maximum atomic E-state index is 12.0. The van der Waals surface area contributed by atoms with Crippen molar-refractivity contribution in [2.45, 2.75) is 25.3 Å².